The van der Waals surface area contributed by atoms with Gasteiger partial charge >= 0.3 is 0 Å². The van der Waals surface area contributed by atoms with Crippen LogP contribution in [-0.2, 0) is 17.8 Å². The molecule has 1 aliphatic heterocycles. The summed E-state index contributed by atoms with van der Waals surface area (Å²) < 4.78 is 2.25. The minimum atomic E-state index is -0.0392. The molecule has 5 heteroatoms. The van der Waals surface area contributed by atoms with E-state index in [4.69, 9.17) is 4.98 Å². The summed E-state index contributed by atoms with van der Waals surface area (Å²) in [5.41, 5.74) is 2.91. The van der Waals surface area contributed by atoms with E-state index in [0.29, 0.717) is 6.54 Å². The maximum atomic E-state index is 11.5. The molecule has 2 heterocycles. The van der Waals surface area contributed by atoms with Gasteiger partial charge < -0.3 is 15.2 Å². The summed E-state index contributed by atoms with van der Waals surface area (Å²) in [6.07, 6.45) is 5.66. The Morgan fingerprint density at radius 2 is 2.10 bits per heavy atom. The Balaban J connectivity index is 1.74. The molecule has 21 heavy (non-hydrogen) atoms. The van der Waals surface area contributed by atoms with Crippen LogP contribution in [-0.4, -0.2) is 29.1 Å². The number of carbonyl (C=O) groups is 1. The van der Waals surface area contributed by atoms with E-state index in [1.54, 1.807) is 7.05 Å². The SMILES string of the molecule is CNCC(=O)Nc1ccc(-c2cn3c(n2)CCCC3)cc1. The second-order valence-corrected chi connectivity index (χ2v) is 5.35. The first-order chi connectivity index (χ1) is 10.3. The Kier molecular flexibility index (Phi) is 4.01. The predicted molar refractivity (Wildman–Crippen MR) is 83.2 cm³/mol. The van der Waals surface area contributed by atoms with Crippen LogP contribution < -0.4 is 10.6 Å². The van der Waals surface area contributed by atoms with Gasteiger partial charge in [0.2, 0.25) is 5.91 Å². The van der Waals surface area contributed by atoms with Gasteiger partial charge in [-0.05, 0) is 32.0 Å². The molecule has 0 spiro atoms. The quantitative estimate of drug-likeness (QED) is 0.903. The second-order valence-electron chi connectivity index (χ2n) is 5.35. The molecular formula is C16H20N4O. The zero-order valence-electron chi connectivity index (χ0n) is 12.2. The Labute approximate surface area is 124 Å². The summed E-state index contributed by atoms with van der Waals surface area (Å²) in [5, 5.41) is 5.67. The second kappa shape index (κ2) is 6.10. The van der Waals surface area contributed by atoms with Crippen LogP contribution in [0.1, 0.15) is 18.7 Å². The standard InChI is InChI=1S/C16H20N4O/c1-17-10-16(21)18-13-7-5-12(6-8-13)14-11-20-9-3-2-4-15(20)19-14/h5-8,11,17H,2-4,9-10H2,1H3,(H,18,21). The highest BCUT2D eigenvalue weighted by molar-refractivity contribution is 5.92. The molecule has 0 saturated heterocycles. The van der Waals surface area contributed by atoms with Crippen LogP contribution in [0, 0.1) is 0 Å². The van der Waals surface area contributed by atoms with Gasteiger partial charge in [0.1, 0.15) is 5.82 Å². The zero-order valence-corrected chi connectivity index (χ0v) is 12.2. The molecule has 0 aliphatic carbocycles. The molecule has 1 aromatic heterocycles. The average molecular weight is 284 g/mol. The fraction of sp³-hybridized carbons (Fsp3) is 0.375. The molecular weight excluding hydrogens is 264 g/mol. The van der Waals surface area contributed by atoms with Crippen molar-refractivity contribution in [3.63, 3.8) is 0 Å². The molecule has 0 fully saturated rings. The molecule has 1 aromatic carbocycles. The number of nitrogens with one attached hydrogen (secondary N) is 2. The average Bonchev–Trinajstić information content (AvgIpc) is 2.92. The molecule has 110 valence electrons. The Morgan fingerprint density at radius 3 is 2.81 bits per heavy atom. The number of hydrogen-bond acceptors (Lipinski definition) is 3. The van der Waals surface area contributed by atoms with E-state index in [-0.39, 0.29) is 5.91 Å². The first-order valence-electron chi connectivity index (χ1n) is 7.37. The lowest BCUT2D eigenvalue weighted by molar-refractivity contribution is -0.115. The highest BCUT2D eigenvalue weighted by Gasteiger charge is 2.13. The normalized spacial score (nSPS) is 13.8. The molecule has 1 amide bonds. The number of hydrogen-bond donors (Lipinski definition) is 2. The van der Waals surface area contributed by atoms with Crippen molar-refractivity contribution in [1.29, 1.82) is 0 Å². The number of rotatable bonds is 4. The van der Waals surface area contributed by atoms with Crippen molar-refractivity contribution in [3.8, 4) is 11.3 Å². The number of imidazole rings is 1. The fourth-order valence-corrected chi connectivity index (χ4v) is 2.64. The summed E-state index contributed by atoms with van der Waals surface area (Å²) in [7, 11) is 1.75. The van der Waals surface area contributed by atoms with Gasteiger partial charge in [0.15, 0.2) is 0 Å². The number of anilines is 1. The third-order valence-corrected chi connectivity index (χ3v) is 3.71. The van der Waals surface area contributed by atoms with Crippen LogP contribution in [0.25, 0.3) is 11.3 Å². The summed E-state index contributed by atoms with van der Waals surface area (Å²) in [6.45, 7) is 1.38. The third-order valence-electron chi connectivity index (χ3n) is 3.71. The minimum Gasteiger partial charge on any atom is -0.334 e. The lowest BCUT2D eigenvalue weighted by Gasteiger charge is -2.11. The smallest absolute Gasteiger partial charge is 0.238 e. The molecule has 0 atom stereocenters. The van der Waals surface area contributed by atoms with Crippen molar-refractivity contribution in [3.05, 3.63) is 36.3 Å². The summed E-state index contributed by atoms with van der Waals surface area (Å²) in [4.78, 5) is 16.2. The highest BCUT2D eigenvalue weighted by Crippen LogP contribution is 2.23. The van der Waals surface area contributed by atoms with Crippen molar-refractivity contribution < 1.29 is 4.79 Å². The Morgan fingerprint density at radius 1 is 1.29 bits per heavy atom. The molecule has 2 aromatic rings. The third kappa shape index (κ3) is 3.13. The van der Waals surface area contributed by atoms with E-state index in [1.165, 1.54) is 18.7 Å². The van der Waals surface area contributed by atoms with E-state index >= 15 is 0 Å². The van der Waals surface area contributed by atoms with E-state index < -0.39 is 0 Å². The number of nitrogens with zero attached hydrogens (tertiary/aromatic N) is 2. The summed E-state index contributed by atoms with van der Waals surface area (Å²) in [6, 6.07) is 7.84. The van der Waals surface area contributed by atoms with Crippen molar-refractivity contribution in [2.24, 2.45) is 0 Å². The predicted octanol–water partition coefficient (Wildman–Crippen LogP) is 2.04. The maximum Gasteiger partial charge on any atom is 0.238 e. The number of amides is 1. The van der Waals surface area contributed by atoms with E-state index in [2.05, 4.69) is 21.4 Å². The van der Waals surface area contributed by atoms with E-state index in [9.17, 15) is 4.79 Å². The van der Waals surface area contributed by atoms with Gasteiger partial charge in [0.05, 0.1) is 12.2 Å². The van der Waals surface area contributed by atoms with Crippen LogP contribution in [0.5, 0.6) is 0 Å². The summed E-state index contributed by atoms with van der Waals surface area (Å²) >= 11 is 0. The largest absolute Gasteiger partial charge is 0.334 e. The molecule has 1 aliphatic rings. The molecule has 0 unspecified atom stereocenters. The van der Waals surface area contributed by atoms with Gasteiger partial charge in [0.25, 0.3) is 0 Å². The first kappa shape index (κ1) is 13.8. The van der Waals surface area contributed by atoms with Crippen LogP contribution in [0.4, 0.5) is 5.69 Å². The number of benzene rings is 1. The number of fused-ring (bicyclic) bond motifs is 1. The van der Waals surface area contributed by atoms with Crippen LogP contribution >= 0.6 is 0 Å². The molecule has 2 N–H and O–H groups in total. The van der Waals surface area contributed by atoms with Gasteiger partial charge in [0, 0.05) is 30.4 Å². The van der Waals surface area contributed by atoms with E-state index in [0.717, 1.165) is 29.9 Å². The lowest BCUT2D eigenvalue weighted by Crippen LogP contribution is -2.24. The van der Waals surface area contributed by atoms with Crippen molar-refractivity contribution in [1.82, 2.24) is 14.9 Å². The Bertz CT molecular complexity index is 607. The lowest BCUT2D eigenvalue weighted by atomic mass is 10.1. The monoisotopic (exact) mass is 284 g/mol. The number of likely N-dealkylation sites (N-methyl/N-ethyl adjacent to an activating group) is 1. The van der Waals surface area contributed by atoms with Gasteiger partial charge in [-0.15, -0.1) is 0 Å². The highest BCUT2D eigenvalue weighted by atomic mass is 16.1. The van der Waals surface area contributed by atoms with Gasteiger partial charge in [-0.2, -0.15) is 0 Å². The first-order valence-corrected chi connectivity index (χ1v) is 7.37. The molecule has 0 bridgehead atoms. The van der Waals surface area contributed by atoms with E-state index in [1.807, 2.05) is 24.3 Å². The van der Waals surface area contributed by atoms with Gasteiger partial charge in [-0.3, -0.25) is 4.79 Å². The number of aromatic nitrogens is 2. The summed E-state index contributed by atoms with van der Waals surface area (Å²) in [5.74, 6) is 1.14. The van der Waals surface area contributed by atoms with Crippen LogP contribution in [0.2, 0.25) is 0 Å². The number of carbonyl (C=O) groups excluding carboxylic acids is 1. The topological polar surface area (TPSA) is 59.0 Å². The molecule has 0 saturated carbocycles. The number of aryl methyl sites for hydroxylation is 2. The van der Waals surface area contributed by atoms with Crippen molar-refractivity contribution in [2.75, 3.05) is 18.9 Å². The maximum absolute atomic E-state index is 11.5. The van der Waals surface area contributed by atoms with Crippen LogP contribution in [0.3, 0.4) is 0 Å². The van der Waals surface area contributed by atoms with Gasteiger partial charge in [-0.1, -0.05) is 12.1 Å². The zero-order chi connectivity index (χ0) is 14.7. The molecule has 3 rings (SSSR count). The Hall–Kier alpha value is -2.14. The van der Waals surface area contributed by atoms with Crippen LogP contribution in [0.15, 0.2) is 30.5 Å². The van der Waals surface area contributed by atoms with Crippen molar-refractivity contribution in [2.45, 2.75) is 25.8 Å². The fourth-order valence-electron chi connectivity index (χ4n) is 2.64. The van der Waals surface area contributed by atoms with Crippen molar-refractivity contribution >= 4 is 11.6 Å². The minimum absolute atomic E-state index is 0.0392. The molecule has 0 radical (unpaired) electrons. The van der Waals surface area contributed by atoms with Gasteiger partial charge in [-0.25, -0.2) is 4.98 Å². The molecule has 5 nitrogen and oxygen atoms in total.